The van der Waals surface area contributed by atoms with Gasteiger partial charge in [0.05, 0.1) is 24.2 Å². The quantitative estimate of drug-likeness (QED) is 0.408. The number of rotatable bonds is 5. The van der Waals surface area contributed by atoms with Gasteiger partial charge in [-0.1, -0.05) is 0 Å². The lowest BCUT2D eigenvalue weighted by Crippen LogP contribution is -2.38. The third-order valence-electron chi connectivity index (χ3n) is 7.05. The van der Waals surface area contributed by atoms with E-state index in [4.69, 9.17) is 4.74 Å². The zero-order chi connectivity index (χ0) is 24.8. The first-order valence-electron chi connectivity index (χ1n) is 12.1. The van der Waals surface area contributed by atoms with E-state index in [2.05, 4.69) is 55.1 Å². The molecule has 4 aromatic heterocycles. The van der Waals surface area contributed by atoms with Crippen molar-refractivity contribution in [3.63, 3.8) is 0 Å². The van der Waals surface area contributed by atoms with Crippen molar-refractivity contribution < 1.29 is 4.74 Å². The maximum atomic E-state index is 13.2. The predicted octanol–water partition coefficient (Wildman–Crippen LogP) is 3.29. The first kappa shape index (κ1) is 22.4. The van der Waals surface area contributed by atoms with Gasteiger partial charge >= 0.3 is 11.7 Å². The number of hydrogen-bond donors (Lipinski definition) is 1. The highest BCUT2D eigenvalue weighted by molar-refractivity contribution is 5.84. The van der Waals surface area contributed by atoms with E-state index in [1.54, 1.807) is 30.3 Å². The summed E-state index contributed by atoms with van der Waals surface area (Å²) in [5.41, 5.74) is 7.88. The van der Waals surface area contributed by atoms with E-state index in [1.807, 2.05) is 17.7 Å². The standard InChI is InChI=1S/C26H28N8O2/c1-16-8-23-22(9-21(16)19-7-17(2)24-29-15-30-33(24)13-19)31-26(35)34(23)20-5-4-6-32(14-20)12-18-10-27-25(36-3)28-11-18/h7-11,13,15,20H,4-6,12,14H2,1-3H3,(H,31,35)/t20-/m0/s1. The molecule has 1 saturated heterocycles. The largest absolute Gasteiger partial charge is 0.467 e. The number of nitrogens with zero attached hydrogens (tertiary/aromatic N) is 7. The summed E-state index contributed by atoms with van der Waals surface area (Å²) in [4.78, 5) is 31.4. The predicted molar refractivity (Wildman–Crippen MR) is 136 cm³/mol. The molecule has 5 aromatic rings. The Morgan fingerprint density at radius 2 is 1.94 bits per heavy atom. The summed E-state index contributed by atoms with van der Waals surface area (Å²) in [5, 5.41) is 4.31. The highest BCUT2D eigenvalue weighted by atomic mass is 16.5. The second-order valence-corrected chi connectivity index (χ2v) is 9.53. The van der Waals surface area contributed by atoms with Gasteiger partial charge in [0.25, 0.3) is 0 Å². The minimum Gasteiger partial charge on any atom is -0.467 e. The lowest BCUT2D eigenvalue weighted by atomic mass is 9.99. The fourth-order valence-corrected chi connectivity index (χ4v) is 5.37. The normalized spacial score (nSPS) is 16.7. The van der Waals surface area contributed by atoms with Crippen molar-refractivity contribution in [1.82, 2.24) is 39.0 Å². The van der Waals surface area contributed by atoms with E-state index >= 15 is 0 Å². The van der Waals surface area contributed by atoms with Crippen molar-refractivity contribution in [2.75, 3.05) is 20.2 Å². The number of hydrogen-bond acceptors (Lipinski definition) is 7. The van der Waals surface area contributed by atoms with Gasteiger partial charge in [-0.3, -0.25) is 9.47 Å². The van der Waals surface area contributed by atoms with E-state index < -0.39 is 0 Å². The van der Waals surface area contributed by atoms with Crippen molar-refractivity contribution in [3.05, 3.63) is 70.3 Å². The Balaban J connectivity index is 1.31. The Hall–Kier alpha value is -4.05. The SMILES string of the molecule is COc1ncc(CN2CCC[C@H](n3c(=O)[nH]c4cc(-c5cc(C)c6ncnn6c5)c(C)cc43)C2)cn1. The van der Waals surface area contributed by atoms with Crippen LogP contribution >= 0.6 is 0 Å². The van der Waals surface area contributed by atoms with E-state index in [1.165, 1.54) is 0 Å². The molecule has 184 valence electrons. The van der Waals surface area contributed by atoms with Crippen molar-refractivity contribution in [2.24, 2.45) is 0 Å². The van der Waals surface area contributed by atoms with E-state index in [0.29, 0.717) is 6.01 Å². The fourth-order valence-electron chi connectivity index (χ4n) is 5.37. The van der Waals surface area contributed by atoms with Crippen LogP contribution < -0.4 is 10.4 Å². The first-order valence-corrected chi connectivity index (χ1v) is 12.1. The Labute approximate surface area is 207 Å². The maximum Gasteiger partial charge on any atom is 0.326 e. The Kier molecular flexibility index (Phi) is 5.52. The highest BCUT2D eigenvalue weighted by Gasteiger charge is 2.25. The number of imidazole rings is 1. The topological polar surface area (TPSA) is 106 Å². The molecule has 1 atom stereocenters. The van der Waals surface area contributed by atoms with Crippen LogP contribution in [0.1, 0.15) is 35.6 Å². The van der Waals surface area contributed by atoms with Gasteiger partial charge in [0.15, 0.2) is 5.65 Å². The summed E-state index contributed by atoms with van der Waals surface area (Å²) in [6.07, 6.45) is 9.14. The second-order valence-electron chi connectivity index (χ2n) is 9.53. The Morgan fingerprint density at radius 1 is 1.11 bits per heavy atom. The van der Waals surface area contributed by atoms with Gasteiger partial charge < -0.3 is 9.72 Å². The number of aromatic nitrogens is 7. The number of aryl methyl sites for hydroxylation is 2. The third-order valence-corrected chi connectivity index (χ3v) is 7.05. The first-order chi connectivity index (χ1) is 17.5. The summed E-state index contributed by atoms with van der Waals surface area (Å²) in [5.74, 6) is 0. The molecule has 6 rings (SSSR count). The van der Waals surface area contributed by atoms with Crippen molar-refractivity contribution in [3.8, 4) is 17.1 Å². The Bertz CT molecular complexity index is 1620. The molecule has 10 heteroatoms. The molecule has 1 aliphatic heterocycles. The smallest absolute Gasteiger partial charge is 0.326 e. The van der Waals surface area contributed by atoms with Crippen molar-refractivity contribution in [2.45, 2.75) is 39.3 Å². The van der Waals surface area contributed by atoms with Gasteiger partial charge in [-0.15, -0.1) is 0 Å². The van der Waals surface area contributed by atoms with Gasteiger partial charge in [-0.2, -0.15) is 5.10 Å². The zero-order valence-corrected chi connectivity index (χ0v) is 20.6. The number of piperidine rings is 1. The molecule has 0 saturated carbocycles. The summed E-state index contributed by atoms with van der Waals surface area (Å²) >= 11 is 0. The Morgan fingerprint density at radius 3 is 2.75 bits per heavy atom. The number of pyridine rings is 1. The van der Waals surface area contributed by atoms with E-state index in [9.17, 15) is 4.79 Å². The van der Waals surface area contributed by atoms with E-state index in [0.717, 1.165) is 77.0 Å². The summed E-state index contributed by atoms with van der Waals surface area (Å²) in [7, 11) is 1.56. The molecule has 0 amide bonds. The zero-order valence-electron chi connectivity index (χ0n) is 20.6. The van der Waals surface area contributed by atoms with Crippen LogP contribution in [0.3, 0.4) is 0 Å². The lowest BCUT2D eigenvalue weighted by molar-refractivity contribution is 0.170. The molecular formula is C26H28N8O2. The molecule has 0 unspecified atom stereocenters. The number of aromatic amines is 1. The molecule has 0 radical (unpaired) electrons. The summed E-state index contributed by atoms with van der Waals surface area (Å²) < 4.78 is 8.80. The van der Waals surface area contributed by atoms with Crippen molar-refractivity contribution in [1.29, 1.82) is 0 Å². The van der Waals surface area contributed by atoms with Gasteiger partial charge in [0, 0.05) is 42.8 Å². The van der Waals surface area contributed by atoms with Crippen LogP contribution in [0.15, 0.2) is 47.9 Å². The molecule has 36 heavy (non-hydrogen) atoms. The summed E-state index contributed by atoms with van der Waals surface area (Å²) in [6, 6.07) is 6.79. The number of likely N-dealkylation sites (tertiary alicyclic amines) is 1. The number of H-pyrrole nitrogens is 1. The number of fused-ring (bicyclic) bond motifs is 2. The van der Waals surface area contributed by atoms with Gasteiger partial charge in [-0.05, 0) is 68.1 Å². The molecule has 1 aromatic carbocycles. The van der Waals surface area contributed by atoms with Crippen LogP contribution in [-0.4, -0.2) is 59.2 Å². The second kappa shape index (κ2) is 8.87. The van der Waals surface area contributed by atoms with Crippen LogP contribution in [0, 0.1) is 13.8 Å². The molecule has 5 heterocycles. The average molecular weight is 485 g/mol. The monoisotopic (exact) mass is 484 g/mol. The molecule has 10 nitrogen and oxygen atoms in total. The fraction of sp³-hybridized carbons (Fsp3) is 0.346. The van der Waals surface area contributed by atoms with Crippen LogP contribution in [0.5, 0.6) is 6.01 Å². The number of benzene rings is 1. The molecule has 1 aliphatic rings. The maximum absolute atomic E-state index is 13.2. The minimum atomic E-state index is -0.0657. The van der Waals surface area contributed by atoms with Gasteiger partial charge in [0.1, 0.15) is 6.33 Å². The lowest BCUT2D eigenvalue weighted by Gasteiger charge is -2.33. The van der Waals surface area contributed by atoms with Gasteiger partial charge in [0.2, 0.25) is 0 Å². The molecule has 0 aliphatic carbocycles. The minimum absolute atomic E-state index is 0.0657. The van der Waals surface area contributed by atoms with Crippen LogP contribution in [0.25, 0.3) is 27.8 Å². The van der Waals surface area contributed by atoms with Crippen LogP contribution in [-0.2, 0) is 6.54 Å². The average Bonchev–Trinajstić information content (AvgIpc) is 3.48. The molecule has 0 spiro atoms. The molecular weight excluding hydrogens is 456 g/mol. The number of ether oxygens (including phenoxy) is 1. The molecule has 1 fully saturated rings. The van der Waals surface area contributed by atoms with Crippen LogP contribution in [0.2, 0.25) is 0 Å². The number of nitrogens with one attached hydrogen (secondary N) is 1. The summed E-state index contributed by atoms with van der Waals surface area (Å²) in [6.45, 7) is 6.64. The van der Waals surface area contributed by atoms with E-state index in [-0.39, 0.29) is 11.7 Å². The molecule has 0 bridgehead atoms. The number of methoxy groups -OCH3 is 1. The van der Waals surface area contributed by atoms with Crippen molar-refractivity contribution >= 4 is 16.7 Å². The molecule has 1 N–H and O–H groups in total. The van der Waals surface area contributed by atoms with Gasteiger partial charge in [-0.25, -0.2) is 24.3 Å². The van der Waals surface area contributed by atoms with Crippen LogP contribution in [0.4, 0.5) is 0 Å². The third kappa shape index (κ3) is 3.93. The highest BCUT2D eigenvalue weighted by Crippen LogP contribution is 2.31.